The topological polar surface area (TPSA) is 68.8 Å². The second-order valence-corrected chi connectivity index (χ2v) is 10.6. The van der Waals surface area contributed by atoms with Crippen molar-refractivity contribution >= 4 is 46.1 Å². The normalized spacial score (nSPS) is 17.2. The summed E-state index contributed by atoms with van der Waals surface area (Å²) in [6.45, 7) is 15.8. The molecule has 37 heavy (non-hydrogen) atoms. The summed E-state index contributed by atoms with van der Waals surface area (Å²) in [6, 6.07) is 14.5. The van der Waals surface area contributed by atoms with Crippen LogP contribution >= 0.6 is 11.6 Å². The lowest BCUT2D eigenvalue weighted by molar-refractivity contribution is 0.105. The van der Waals surface area contributed by atoms with Crippen molar-refractivity contribution in [3.05, 3.63) is 53.7 Å². The first-order valence-electron chi connectivity index (χ1n) is 13.1. The van der Waals surface area contributed by atoms with E-state index in [1.807, 2.05) is 12.1 Å². The third-order valence-electron chi connectivity index (χ3n) is 6.95. The SMILES string of the molecule is CCN1CCN(c2ccc(Nc3ncc(Cl)c(Nc4ccc5c(c4)N(CC)CC(C)(C)O5)n3)cc2)CC1. The van der Waals surface area contributed by atoms with E-state index in [1.165, 1.54) is 5.69 Å². The van der Waals surface area contributed by atoms with Crippen molar-refractivity contribution in [1.29, 1.82) is 0 Å². The van der Waals surface area contributed by atoms with Gasteiger partial charge < -0.3 is 30.1 Å². The van der Waals surface area contributed by atoms with Crippen LogP contribution in [-0.2, 0) is 0 Å². The van der Waals surface area contributed by atoms with E-state index >= 15 is 0 Å². The van der Waals surface area contributed by atoms with Crippen LogP contribution in [0, 0.1) is 0 Å². The standard InChI is InChI=1S/C28H36ClN7O/c1-5-34-13-15-36(16-14-34)22-10-7-20(8-11-22)32-27-30-18-23(29)26(33-27)31-21-9-12-25-24(17-21)35(6-2)19-28(3,4)37-25/h7-12,17-18H,5-6,13-16,19H2,1-4H3,(H2,30,31,32,33). The van der Waals surface area contributed by atoms with Crippen molar-refractivity contribution in [2.75, 3.05) is 66.2 Å². The van der Waals surface area contributed by atoms with Crippen LogP contribution in [0.15, 0.2) is 48.7 Å². The zero-order valence-electron chi connectivity index (χ0n) is 22.1. The molecular weight excluding hydrogens is 486 g/mol. The summed E-state index contributed by atoms with van der Waals surface area (Å²) >= 11 is 6.45. The molecule has 3 heterocycles. The number of rotatable bonds is 7. The van der Waals surface area contributed by atoms with Gasteiger partial charge in [0.25, 0.3) is 0 Å². The zero-order chi connectivity index (χ0) is 26.0. The van der Waals surface area contributed by atoms with Crippen LogP contribution in [0.3, 0.4) is 0 Å². The lowest BCUT2D eigenvalue weighted by Gasteiger charge is -2.40. The van der Waals surface area contributed by atoms with Gasteiger partial charge in [0.2, 0.25) is 5.95 Å². The first-order chi connectivity index (χ1) is 17.8. The van der Waals surface area contributed by atoms with Gasteiger partial charge in [0.15, 0.2) is 5.82 Å². The van der Waals surface area contributed by atoms with Gasteiger partial charge in [-0.25, -0.2) is 4.98 Å². The van der Waals surface area contributed by atoms with Crippen molar-refractivity contribution in [2.45, 2.75) is 33.3 Å². The molecule has 5 rings (SSSR count). The molecule has 196 valence electrons. The Labute approximate surface area is 224 Å². The monoisotopic (exact) mass is 521 g/mol. The van der Waals surface area contributed by atoms with Crippen molar-refractivity contribution in [1.82, 2.24) is 14.9 Å². The van der Waals surface area contributed by atoms with Crippen LogP contribution in [0.25, 0.3) is 0 Å². The Bertz CT molecular complexity index is 1230. The highest BCUT2D eigenvalue weighted by Gasteiger charge is 2.31. The van der Waals surface area contributed by atoms with E-state index in [0.717, 1.165) is 68.6 Å². The Hall–Kier alpha value is -3.23. The number of hydrogen-bond acceptors (Lipinski definition) is 8. The Morgan fingerprint density at radius 2 is 1.68 bits per heavy atom. The first-order valence-corrected chi connectivity index (χ1v) is 13.4. The molecular formula is C28H36ClN7O. The van der Waals surface area contributed by atoms with Gasteiger partial charge in [-0.3, -0.25) is 0 Å². The number of nitrogens with zero attached hydrogens (tertiary/aromatic N) is 5. The molecule has 1 aromatic heterocycles. The third-order valence-corrected chi connectivity index (χ3v) is 7.23. The van der Waals surface area contributed by atoms with Crippen LogP contribution in [0.4, 0.5) is 34.5 Å². The maximum absolute atomic E-state index is 6.45. The lowest BCUT2D eigenvalue weighted by atomic mass is 10.0. The predicted molar refractivity (Wildman–Crippen MR) is 153 cm³/mol. The number of benzene rings is 2. The fraction of sp³-hybridized carbons (Fsp3) is 0.429. The van der Waals surface area contributed by atoms with Gasteiger partial charge in [0.1, 0.15) is 16.4 Å². The van der Waals surface area contributed by atoms with E-state index in [0.29, 0.717) is 16.8 Å². The molecule has 0 bridgehead atoms. The number of hydrogen-bond donors (Lipinski definition) is 2. The van der Waals surface area contributed by atoms with E-state index in [9.17, 15) is 0 Å². The summed E-state index contributed by atoms with van der Waals surface area (Å²) in [7, 11) is 0. The van der Waals surface area contributed by atoms with E-state index < -0.39 is 0 Å². The number of fused-ring (bicyclic) bond motifs is 1. The maximum Gasteiger partial charge on any atom is 0.229 e. The van der Waals surface area contributed by atoms with Crippen LogP contribution < -0.4 is 25.2 Å². The lowest BCUT2D eigenvalue weighted by Crippen LogP contribution is -2.46. The molecule has 2 aliphatic heterocycles. The van der Waals surface area contributed by atoms with Gasteiger partial charge in [-0.05, 0) is 69.8 Å². The summed E-state index contributed by atoms with van der Waals surface area (Å²) in [5.41, 5.74) is 3.89. The maximum atomic E-state index is 6.45. The van der Waals surface area contributed by atoms with Crippen molar-refractivity contribution in [3.63, 3.8) is 0 Å². The quantitative estimate of drug-likeness (QED) is 0.407. The number of piperazine rings is 1. The number of halogens is 1. The highest BCUT2D eigenvalue weighted by Crippen LogP contribution is 2.39. The van der Waals surface area contributed by atoms with Gasteiger partial charge in [-0.15, -0.1) is 0 Å². The summed E-state index contributed by atoms with van der Waals surface area (Å²) < 4.78 is 6.19. The highest BCUT2D eigenvalue weighted by molar-refractivity contribution is 6.32. The molecule has 2 aromatic carbocycles. The van der Waals surface area contributed by atoms with Crippen LogP contribution in [-0.4, -0.2) is 66.3 Å². The Balaban J connectivity index is 1.28. The molecule has 3 aromatic rings. The van der Waals surface area contributed by atoms with Crippen molar-refractivity contribution in [3.8, 4) is 5.75 Å². The number of aromatic nitrogens is 2. The minimum absolute atomic E-state index is 0.225. The molecule has 9 heteroatoms. The minimum Gasteiger partial charge on any atom is -0.484 e. The van der Waals surface area contributed by atoms with Gasteiger partial charge in [0.05, 0.1) is 18.4 Å². The molecule has 0 unspecified atom stereocenters. The first kappa shape index (κ1) is 25.4. The van der Waals surface area contributed by atoms with Crippen molar-refractivity contribution in [2.24, 2.45) is 0 Å². The Kier molecular flexibility index (Phi) is 7.31. The Morgan fingerprint density at radius 1 is 0.946 bits per heavy atom. The molecule has 0 saturated carbocycles. The average Bonchev–Trinajstić information content (AvgIpc) is 2.90. The molecule has 8 nitrogen and oxygen atoms in total. The van der Waals surface area contributed by atoms with Gasteiger partial charge in [-0.1, -0.05) is 18.5 Å². The molecule has 1 saturated heterocycles. The summed E-state index contributed by atoms with van der Waals surface area (Å²) in [5, 5.41) is 7.11. The highest BCUT2D eigenvalue weighted by atomic mass is 35.5. The van der Waals surface area contributed by atoms with E-state index in [-0.39, 0.29) is 5.60 Å². The van der Waals surface area contributed by atoms with E-state index in [2.05, 4.69) is 93.3 Å². The van der Waals surface area contributed by atoms with E-state index in [1.54, 1.807) is 6.20 Å². The summed E-state index contributed by atoms with van der Waals surface area (Å²) in [4.78, 5) is 16.3. The molecule has 0 atom stereocenters. The predicted octanol–water partition coefficient (Wildman–Crippen LogP) is 5.76. The molecule has 1 fully saturated rings. The summed E-state index contributed by atoms with van der Waals surface area (Å²) in [5.74, 6) is 1.91. The second-order valence-electron chi connectivity index (χ2n) is 10.2. The molecule has 2 aliphatic rings. The smallest absolute Gasteiger partial charge is 0.229 e. The third kappa shape index (κ3) is 5.86. The largest absolute Gasteiger partial charge is 0.484 e. The Morgan fingerprint density at radius 3 is 2.38 bits per heavy atom. The molecule has 0 aliphatic carbocycles. The van der Waals surface area contributed by atoms with Gasteiger partial charge >= 0.3 is 0 Å². The molecule has 0 spiro atoms. The van der Waals surface area contributed by atoms with Gasteiger partial charge in [-0.2, -0.15) is 4.98 Å². The molecule has 0 radical (unpaired) electrons. The van der Waals surface area contributed by atoms with E-state index in [4.69, 9.17) is 16.3 Å². The van der Waals surface area contributed by atoms with Crippen LogP contribution in [0.2, 0.25) is 5.02 Å². The van der Waals surface area contributed by atoms with Gasteiger partial charge in [0, 0.05) is 49.8 Å². The number of anilines is 6. The number of nitrogens with one attached hydrogen (secondary N) is 2. The fourth-order valence-electron chi connectivity index (χ4n) is 4.94. The minimum atomic E-state index is -0.225. The molecule has 2 N–H and O–H groups in total. The van der Waals surface area contributed by atoms with Crippen molar-refractivity contribution < 1.29 is 4.74 Å². The fourth-order valence-corrected chi connectivity index (χ4v) is 5.08. The second kappa shape index (κ2) is 10.6. The molecule has 0 amide bonds. The summed E-state index contributed by atoms with van der Waals surface area (Å²) in [6.07, 6.45) is 1.61. The van der Waals surface area contributed by atoms with Crippen LogP contribution in [0.1, 0.15) is 27.7 Å². The number of ether oxygens (including phenoxy) is 1. The van der Waals surface area contributed by atoms with Crippen LogP contribution in [0.5, 0.6) is 5.75 Å². The zero-order valence-corrected chi connectivity index (χ0v) is 22.8. The number of likely N-dealkylation sites (N-methyl/N-ethyl adjacent to an activating group) is 2. The average molecular weight is 522 g/mol.